The minimum atomic E-state index is -4.83. The van der Waals surface area contributed by atoms with Gasteiger partial charge in [0.1, 0.15) is 5.82 Å². The van der Waals surface area contributed by atoms with Gasteiger partial charge in [0.15, 0.2) is 5.75 Å². The molecule has 0 spiro atoms. The zero-order valence-electron chi connectivity index (χ0n) is 6.95. The molecule has 7 nitrogen and oxygen atoms in total. The smallest absolute Gasteiger partial charge is 0.361 e. The second-order valence-corrected chi connectivity index (χ2v) is 3.44. The summed E-state index contributed by atoms with van der Waals surface area (Å²) < 4.78 is 45.3. The first-order chi connectivity index (χ1) is 6.78. The molecule has 0 aromatic heterocycles. The van der Waals surface area contributed by atoms with E-state index < -0.39 is 32.6 Å². The van der Waals surface area contributed by atoms with Crippen molar-refractivity contribution in [1.82, 2.24) is 0 Å². The molecule has 0 radical (unpaired) electrons. The third-order valence-corrected chi connectivity index (χ3v) is 1.67. The molecule has 0 aliphatic heterocycles. The number of nitro benzene ring substituents is 1. The van der Waals surface area contributed by atoms with Gasteiger partial charge < -0.3 is 4.18 Å². The molecule has 0 heterocycles. The highest BCUT2D eigenvalue weighted by Gasteiger charge is 2.14. The van der Waals surface area contributed by atoms with E-state index in [1.165, 1.54) is 0 Å². The van der Waals surface area contributed by atoms with Gasteiger partial charge in [0.25, 0.3) is 5.69 Å². The SMILES string of the molecule is O=[N+]([O-])c1cc(F)cc(OS(=O)(=O)O)c1. The quantitative estimate of drug-likeness (QED) is 0.475. The molecule has 0 fully saturated rings. The van der Waals surface area contributed by atoms with Crippen LogP contribution in [0.5, 0.6) is 5.75 Å². The summed E-state index contributed by atoms with van der Waals surface area (Å²) in [7, 11) is -4.83. The number of non-ortho nitro benzene ring substituents is 1. The van der Waals surface area contributed by atoms with Gasteiger partial charge in [-0.05, 0) is 0 Å². The van der Waals surface area contributed by atoms with Crippen molar-refractivity contribution in [2.45, 2.75) is 0 Å². The molecule has 1 aromatic rings. The van der Waals surface area contributed by atoms with Crippen molar-refractivity contribution in [2.24, 2.45) is 0 Å². The van der Waals surface area contributed by atoms with Crippen LogP contribution in [0, 0.1) is 15.9 Å². The summed E-state index contributed by atoms with van der Waals surface area (Å²) in [5.74, 6) is -1.73. The van der Waals surface area contributed by atoms with Crippen LogP contribution in [0.3, 0.4) is 0 Å². The van der Waals surface area contributed by atoms with Crippen LogP contribution in [0.25, 0.3) is 0 Å². The molecular formula is C6H4FNO6S. The fourth-order valence-electron chi connectivity index (χ4n) is 0.823. The molecule has 0 amide bonds. The van der Waals surface area contributed by atoms with Gasteiger partial charge >= 0.3 is 10.4 Å². The van der Waals surface area contributed by atoms with Crippen LogP contribution in [0.15, 0.2) is 18.2 Å². The first-order valence-corrected chi connectivity index (χ1v) is 4.76. The third kappa shape index (κ3) is 3.48. The van der Waals surface area contributed by atoms with Gasteiger partial charge in [-0.25, -0.2) is 4.39 Å². The molecule has 1 N–H and O–H groups in total. The van der Waals surface area contributed by atoms with E-state index >= 15 is 0 Å². The summed E-state index contributed by atoms with van der Waals surface area (Å²) >= 11 is 0. The Hall–Kier alpha value is -1.74. The van der Waals surface area contributed by atoms with Crippen LogP contribution in [-0.2, 0) is 10.4 Å². The second-order valence-electron chi connectivity index (χ2n) is 2.41. The monoisotopic (exact) mass is 237 g/mol. The lowest BCUT2D eigenvalue weighted by molar-refractivity contribution is -0.385. The average Bonchev–Trinajstić information content (AvgIpc) is 1.99. The summed E-state index contributed by atoms with van der Waals surface area (Å²) in [6.07, 6.45) is 0. The van der Waals surface area contributed by atoms with Crippen molar-refractivity contribution in [3.05, 3.63) is 34.1 Å². The second kappa shape index (κ2) is 3.79. The Balaban J connectivity index is 3.15. The Morgan fingerprint density at radius 2 is 2.00 bits per heavy atom. The molecule has 15 heavy (non-hydrogen) atoms. The third-order valence-electron chi connectivity index (χ3n) is 1.27. The van der Waals surface area contributed by atoms with Crippen molar-refractivity contribution < 1.29 is 26.5 Å². The minimum absolute atomic E-state index is 0.580. The Bertz CT molecular complexity index is 498. The lowest BCUT2D eigenvalue weighted by Crippen LogP contribution is -2.07. The van der Waals surface area contributed by atoms with Gasteiger partial charge in [-0.1, -0.05) is 0 Å². The fourth-order valence-corrected chi connectivity index (χ4v) is 1.16. The Morgan fingerprint density at radius 3 is 2.47 bits per heavy atom. The fraction of sp³-hybridized carbons (Fsp3) is 0. The summed E-state index contributed by atoms with van der Waals surface area (Å²) in [5.41, 5.74) is -0.686. The minimum Gasteiger partial charge on any atom is -0.361 e. The lowest BCUT2D eigenvalue weighted by Gasteiger charge is -2.00. The molecule has 1 aromatic carbocycles. The van der Waals surface area contributed by atoms with E-state index in [1.807, 2.05) is 0 Å². The van der Waals surface area contributed by atoms with E-state index in [4.69, 9.17) is 4.55 Å². The molecule has 0 aliphatic carbocycles. The summed E-state index contributed by atoms with van der Waals surface area (Å²) in [6.45, 7) is 0. The van der Waals surface area contributed by atoms with Crippen molar-refractivity contribution in [3.8, 4) is 5.75 Å². The number of benzene rings is 1. The molecule has 9 heteroatoms. The average molecular weight is 237 g/mol. The van der Waals surface area contributed by atoms with Gasteiger partial charge in [0.05, 0.1) is 17.1 Å². The maximum atomic E-state index is 12.7. The number of nitro groups is 1. The molecule has 0 unspecified atom stereocenters. The maximum absolute atomic E-state index is 12.7. The molecule has 0 saturated heterocycles. The normalized spacial score (nSPS) is 11.1. The molecular weight excluding hydrogens is 233 g/mol. The van der Waals surface area contributed by atoms with Gasteiger partial charge in [-0.3, -0.25) is 14.7 Å². The highest BCUT2D eigenvalue weighted by atomic mass is 32.3. The van der Waals surface area contributed by atoms with Crippen LogP contribution < -0.4 is 4.18 Å². The van der Waals surface area contributed by atoms with Crippen LogP contribution in [-0.4, -0.2) is 17.9 Å². The van der Waals surface area contributed by atoms with E-state index in [0.717, 1.165) is 0 Å². The highest BCUT2D eigenvalue weighted by Crippen LogP contribution is 2.22. The molecule has 82 valence electrons. The highest BCUT2D eigenvalue weighted by molar-refractivity contribution is 7.81. The Kier molecular flexibility index (Phi) is 2.86. The lowest BCUT2D eigenvalue weighted by atomic mass is 10.3. The predicted molar refractivity (Wildman–Crippen MR) is 45.2 cm³/mol. The standard InChI is InChI=1S/C6H4FNO6S/c7-4-1-5(8(9)10)3-6(2-4)14-15(11,12)13/h1-3H,(H,11,12,13). The van der Waals surface area contributed by atoms with Crippen LogP contribution in [0.4, 0.5) is 10.1 Å². The number of hydrogen-bond donors (Lipinski definition) is 1. The number of hydrogen-bond acceptors (Lipinski definition) is 5. The number of halogens is 1. The maximum Gasteiger partial charge on any atom is 0.446 e. The van der Waals surface area contributed by atoms with Crippen molar-refractivity contribution in [1.29, 1.82) is 0 Å². The predicted octanol–water partition coefficient (Wildman–Crippen LogP) is 0.915. The summed E-state index contributed by atoms with van der Waals surface area (Å²) in [4.78, 5) is 9.31. The zero-order chi connectivity index (χ0) is 11.6. The Morgan fingerprint density at radius 1 is 1.40 bits per heavy atom. The van der Waals surface area contributed by atoms with E-state index in [2.05, 4.69) is 4.18 Å². The van der Waals surface area contributed by atoms with Crippen molar-refractivity contribution in [2.75, 3.05) is 0 Å². The van der Waals surface area contributed by atoms with Crippen LogP contribution in [0.2, 0.25) is 0 Å². The van der Waals surface area contributed by atoms with E-state index in [-0.39, 0.29) is 0 Å². The van der Waals surface area contributed by atoms with E-state index in [0.29, 0.717) is 18.2 Å². The largest absolute Gasteiger partial charge is 0.446 e. The number of nitrogens with zero attached hydrogens (tertiary/aromatic N) is 1. The van der Waals surface area contributed by atoms with E-state index in [1.54, 1.807) is 0 Å². The van der Waals surface area contributed by atoms with Crippen LogP contribution in [0.1, 0.15) is 0 Å². The zero-order valence-corrected chi connectivity index (χ0v) is 7.77. The summed E-state index contributed by atoms with van der Waals surface area (Å²) in [5, 5.41) is 10.2. The molecule has 0 atom stereocenters. The summed E-state index contributed by atoms with van der Waals surface area (Å²) in [6, 6.07) is 1.83. The molecule has 0 aliphatic rings. The Labute approximate surface area is 83.2 Å². The first kappa shape index (κ1) is 11.3. The topological polar surface area (TPSA) is 107 Å². The van der Waals surface area contributed by atoms with Gasteiger partial charge in [0, 0.05) is 6.07 Å². The van der Waals surface area contributed by atoms with Crippen molar-refractivity contribution in [3.63, 3.8) is 0 Å². The van der Waals surface area contributed by atoms with E-state index in [9.17, 15) is 22.9 Å². The molecule has 0 saturated carbocycles. The van der Waals surface area contributed by atoms with Crippen LogP contribution >= 0.6 is 0 Å². The van der Waals surface area contributed by atoms with Gasteiger partial charge in [-0.2, -0.15) is 8.42 Å². The van der Waals surface area contributed by atoms with Crippen molar-refractivity contribution >= 4 is 16.1 Å². The first-order valence-electron chi connectivity index (χ1n) is 3.40. The number of rotatable bonds is 3. The molecule has 0 bridgehead atoms. The van der Waals surface area contributed by atoms with Gasteiger partial charge in [0.2, 0.25) is 0 Å². The van der Waals surface area contributed by atoms with Gasteiger partial charge in [-0.15, -0.1) is 0 Å². The molecule has 1 rings (SSSR count).